The van der Waals surface area contributed by atoms with Gasteiger partial charge in [-0.15, -0.1) is 0 Å². The third-order valence-corrected chi connectivity index (χ3v) is 8.23. The molecule has 0 spiro atoms. The first-order valence-corrected chi connectivity index (χ1v) is 13.0. The van der Waals surface area contributed by atoms with E-state index in [9.17, 15) is 13.2 Å². The fourth-order valence-electron chi connectivity index (χ4n) is 4.36. The van der Waals surface area contributed by atoms with Crippen LogP contribution in [-0.4, -0.2) is 57.8 Å². The number of nitrogens with one attached hydrogen (secondary N) is 1. The fourth-order valence-corrected chi connectivity index (χ4v) is 5.83. The molecule has 0 saturated carbocycles. The summed E-state index contributed by atoms with van der Waals surface area (Å²) in [7, 11) is 1.78. The molecule has 1 heterocycles. The molecule has 4 rings (SSSR count). The van der Waals surface area contributed by atoms with Crippen molar-refractivity contribution in [2.75, 3.05) is 34.3 Å². The van der Waals surface area contributed by atoms with Crippen LogP contribution in [0.25, 0.3) is 0 Å². The molecule has 8 heteroatoms. The fraction of sp³-hybridized carbons (Fsp3) is 0.296. The molecule has 35 heavy (non-hydrogen) atoms. The van der Waals surface area contributed by atoms with E-state index in [1.165, 1.54) is 15.9 Å². The van der Waals surface area contributed by atoms with Crippen LogP contribution >= 0.6 is 0 Å². The minimum atomic E-state index is -3.72. The third-order valence-electron chi connectivity index (χ3n) is 6.39. The van der Waals surface area contributed by atoms with Gasteiger partial charge in [-0.1, -0.05) is 42.5 Å². The molecule has 0 radical (unpaired) electrons. The van der Waals surface area contributed by atoms with Crippen LogP contribution in [-0.2, 0) is 23.0 Å². The lowest BCUT2D eigenvalue weighted by Gasteiger charge is -2.28. The Hall–Kier alpha value is -3.20. The zero-order valence-electron chi connectivity index (χ0n) is 20.3. The summed E-state index contributed by atoms with van der Waals surface area (Å²) in [5.41, 5.74) is 3.52. The van der Waals surface area contributed by atoms with Crippen molar-refractivity contribution in [3.63, 3.8) is 0 Å². The summed E-state index contributed by atoms with van der Waals surface area (Å²) in [5, 5.41) is 2.96. The molecule has 0 fully saturated rings. The first-order chi connectivity index (χ1) is 16.8. The Morgan fingerprint density at radius 1 is 1.03 bits per heavy atom. The smallest absolute Gasteiger partial charge is 0.251 e. The summed E-state index contributed by atoms with van der Waals surface area (Å²) in [6.45, 7) is 1.11. The molecule has 184 valence electrons. The van der Waals surface area contributed by atoms with Crippen LogP contribution in [0.2, 0.25) is 0 Å². The minimum absolute atomic E-state index is 0.0746. The Labute approximate surface area is 207 Å². The van der Waals surface area contributed by atoms with Gasteiger partial charge in [-0.05, 0) is 67.5 Å². The lowest BCUT2D eigenvalue weighted by molar-refractivity contribution is 0.0941. The second-order valence-electron chi connectivity index (χ2n) is 8.85. The number of methoxy groups -OCH3 is 1. The number of likely N-dealkylation sites (N-methyl/N-ethyl adjacent to an activating group) is 1. The van der Waals surface area contributed by atoms with Gasteiger partial charge < -0.3 is 15.0 Å². The van der Waals surface area contributed by atoms with Crippen LogP contribution in [0.4, 0.5) is 0 Å². The highest BCUT2D eigenvalue weighted by molar-refractivity contribution is 7.89. The lowest BCUT2D eigenvalue weighted by atomic mass is 10.0. The van der Waals surface area contributed by atoms with Crippen LogP contribution in [0.3, 0.4) is 0 Å². The summed E-state index contributed by atoms with van der Waals surface area (Å²) in [6.07, 6.45) is 0.672. The largest absolute Gasteiger partial charge is 0.497 e. The molecule has 0 aliphatic carbocycles. The van der Waals surface area contributed by atoms with Crippen molar-refractivity contribution >= 4 is 15.9 Å². The Morgan fingerprint density at radius 3 is 2.51 bits per heavy atom. The summed E-state index contributed by atoms with van der Waals surface area (Å²) in [4.78, 5) is 15.1. The number of amides is 1. The average Bonchev–Trinajstić information content (AvgIpc) is 2.88. The molecule has 1 aliphatic heterocycles. The second kappa shape index (κ2) is 10.6. The summed E-state index contributed by atoms with van der Waals surface area (Å²) in [6, 6.07) is 21.8. The number of carbonyl (C=O) groups excluding carboxylic acids is 1. The summed E-state index contributed by atoms with van der Waals surface area (Å²) < 4.78 is 33.5. The van der Waals surface area contributed by atoms with E-state index in [2.05, 4.69) is 5.32 Å². The number of rotatable bonds is 8. The number of benzene rings is 3. The highest BCUT2D eigenvalue weighted by Crippen LogP contribution is 2.26. The van der Waals surface area contributed by atoms with Gasteiger partial charge in [0.1, 0.15) is 5.75 Å². The van der Waals surface area contributed by atoms with Crippen molar-refractivity contribution < 1.29 is 17.9 Å². The van der Waals surface area contributed by atoms with E-state index < -0.39 is 10.0 Å². The highest BCUT2D eigenvalue weighted by atomic mass is 32.2. The van der Waals surface area contributed by atoms with Crippen molar-refractivity contribution in [1.82, 2.24) is 14.5 Å². The van der Waals surface area contributed by atoms with Crippen LogP contribution in [0.5, 0.6) is 5.75 Å². The van der Waals surface area contributed by atoms with E-state index >= 15 is 0 Å². The van der Waals surface area contributed by atoms with E-state index in [0.29, 0.717) is 31.6 Å². The quantitative estimate of drug-likeness (QED) is 0.520. The molecule has 0 saturated heterocycles. The van der Waals surface area contributed by atoms with Crippen molar-refractivity contribution in [2.24, 2.45) is 0 Å². The summed E-state index contributed by atoms with van der Waals surface area (Å²) >= 11 is 0. The van der Waals surface area contributed by atoms with Gasteiger partial charge in [-0.2, -0.15) is 4.31 Å². The molecule has 3 aromatic rings. The molecule has 0 bridgehead atoms. The van der Waals surface area contributed by atoms with Gasteiger partial charge in [-0.3, -0.25) is 4.79 Å². The monoisotopic (exact) mass is 493 g/mol. The van der Waals surface area contributed by atoms with Gasteiger partial charge >= 0.3 is 0 Å². The number of ether oxygens (including phenoxy) is 1. The molecule has 1 aliphatic rings. The minimum Gasteiger partial charge on any atom is -0.497 e. The molecule has 7 nitrogen and oxygen atoms in total. The average molecular weight is 494 g/mol. The number of sulfonamides is 1. The zero-order valence-corrected chi connectivity index (χ0v) is 21.1. The van der Waals surface area contributed by atoms with Gasteiger partial charge in [0.2, 0.25) is 10.0 Å². The maximum atomic E-state index is 13.3. The third kappa shape index (κ3) is 5.56. The predicted molar refractivity (Wildman–Crippen MR) is 136 cm³/mol. The van der Waals surface area contributed by atoms with Crippen LogP contribution in [0.15, 0.2) is 77.7 Å². The van der Waals surface area contributed by atoms with E-state index in [0.717, 1.165) is 16.9 Å². The van der Waals surface area contributed by atoms with E-state index in [1.54, 1.807) is 25.3 Å². The van der Waals surface area contributed by atoms with Crippen LogP contribution in [0, 0.1) is 0 Å². The van der Waals surface area contributed by atoms with E-state index in [1.807, 2.05) is 67.5 Å². The van der Waals surface area contributed by atoms with E-state index in [4.69, 9.17) is 4.74 Å². The van der Waals surface area contributed by atoms with Crippen LogP contribution in [0.1, 0.15) is 33.1 Å². The van der Waals surface area contributed by atoms with Gasteiger partial charge in [0.15, 0.2) is 0 Å². The maximum Gasteiger partial charge on any atom is 0.251 e. The van der Waals surface area contributed by atoms with Gasteiger partial charge in [0.25, 0.3) is 5.91 Å². The normalized spacial score (nSPS) is 14.9. The molecule has 1 unspecified atom stereocenters. The SMILES string of the molecule is COc1cccc(C(CNC(=O)c2cccc(S(=O)(=O)N3CCc4ccccc4C3)c2)N(C)C)c1. The lowest BCUT2D eigenvalue weighted by Crippen LogP contribution is -2.36. The van der Waals surface area contributed by atoms with Crippen molar-refractivity contribution in [2.45, 2.75) is 23.9 Å². The van der Waals surface area contributed by atoms with Gasteiger partial charge in [-0.25, -0.2) is 8.42 Å². The highest BCUT2D eigenvalue weighted by Gasteiger charge is 2.28. The van der Waals surface area contributed by atoms with Crippen molar-refractivity contribution in [3.05, 3.63) is 95.1 Å². The Morgan fingerprint density at radius 2 is 1.77 bits per heavy atom. The van der Waals surface area contributed by atoms with Crippen LogP contribution < -0.4 is 10.1 Å². The Balaban J connectivity index is 1.48. The van der Waals surface area contributed by atoms with Gasteiger partial charge in [0.05, 0.1) is 18.0 Å². The maximum absolute atomic E-state index is 13.3. The molecule has 1 atom stereocenters. The Kier molecular flexibility index (Phi) is 7.54. The molecular formula is C27H31N3O4S. The molecule has 0 aromatic heterocycles. The summed E-state index contributed by atoms with van der Waals surface area (Å²) in [5.74, 6) is 0.430. The molecule has 1 N–H and O–H groups in total. The van der Waals surface area contributed by atoms with E-state index in [-0.39, 0.29) is 16.8 Å². The van der Waals surface area contributed by atoms with Crippen molar-refractivity contribution in [3.8, 4) is 5.75 Å². The molecule has 3 aromatic carbocycles. The topological polar surface area (TPSA) is 78.9 Å². The van der Waals surface area contributed by atoms with Crippen molar-refractivity contribution in [1.29, 1.82) is 0 Å². The first-order valence-electron chi connectivity index (χ1n) is 11.5. The van der Waals surface area contributed by atoms with Gasteiger partial charge in [0, 0.05) is 25.2 Å². The first kappa shape index (κ1) is 24.9. The number of hydrogen-bond donors (Lipinski definition) is 1. The standard InChI is InChI=1S/C27H31N3O4S/c1-29(2)26(21-10-6-12-24(16-21)34-3)18-28-27(31)22-11-7-13-25(17-22)35(32,33)30-15-14-20-8-4-5-9-23(20)19-30/h4-13,16-17,26H,14-15,18-19H2,1-3H3,(H,28,31). The molecule has 1 amide bonds. The number of nitrogens with zero attached hydrogens (tertiary/aromatic N) is 2. The molecular weight excluding hydrogens is 462 g/mol. The number of carbonyl (C=O) groups is 1. The predicted octanol–water partition coefficient (Wildman–Crippen LogP) is 3.47. The second-order valence-corrected chi connectivity index (χ2v) is 10.8. The Bertz CT molecular complexity index is 1310. The number of fused-ring (bicyclic) bond motifs is 1. The zero-order chi connectivity index (χ0) is 25.0. The number of hydrogen-bond acceptors (Lipinski definition) is 5.